The van der Waals surface area contributed by atoms with Crippen LogP contribution in [0.2, 0.25) is 0 Å². The molecule has 106 valence electrons. The van der Waals surface area contributed by atoms with Crippen LogP contribution >= 0.6 is 0 Å². The van der Waals surface area contributed by atoms with Gasteiger partial charge in [0.15, 0.2) is 0 Å². The molecule has 0 bridgehead atoms. The normalized spacial score (nSPS) is 12.0. The fraction of sp³-hybridized carbons (Fsp3) is 0.533. The first-order valence-electron chi connectivity index (χ1n) is 6.70. The van der Waals surface area contributed by atoms with Crippen molar-refractivity contribution in [1.29, 1.82) is 0 Å². The van der Waals surface area contributed by atoms with Gasteiger partial charge in [-0.15, -0.1) is 0 Å². The number of aryl methyl sites for hydroxylation is 1. The molecule has 0 aliphatic carbocycles. The number of rotatable bonds is 7. The second-order valence-electron chi connectivity index (χ2n) is 4.85. The van der Waals surface area contributed by atoms with Gasteiger partial charge in [0.2, 0.25) is 0 Å². The molecule has 0 heterocycles. The fourth-order valence-corrected chi connectivity index (χ4v) is 1.90. The van der Waals surface area contributed by atoms with E-state index >= 15 is 0 Å². The van der Waals surface area contributed by atoms with Crippen LogP contribution in [0.3, 0.4) is 0 Å². The monoisotopic (exact) mass is 264 g/mol. The van der Waals surface area contributed by atoms with Crippen LogP contribution in [0.5, 0.6) is 0 Å². The van der Waals surface area contributed by atoms with Gasteiger partial charge in [-0.1, -0.05) is 18.6 Å². The summed E-state index contributed by atoms with van der Waals surface area (Å²) >= 11 is 0. The van der Waals surface area contributed by atoms with Gasteiger partial charge in [0.05, 0.1) is 12.2 Å². The first kappa shape index (κ1) is 15.5. The second-order valence-corrected chi connectivity index (χ2v) is 4.85. The molecule has 0 spiro atoms. The molecular formula is C15H24N2O2. The van der Waals surface area contributed by atoms with E-state index in [1.807, 2.05) is 39.0 Å². The molecule has 0 saturated heterocycles. The topological polar surface area (TPSA) is 50.4 Å². The molecule has 0 aliphatic heterocycles. The quantitative estimate of drug-likeness (QED) is 0.795. The van der Waals surface area contributed by atoms with Crippen LogP contribution in [-0.4, -0.2) is 32.7 Å². The van der Waals surface area contributed by atoms with E-state index in [0.29, 0.717) is 24.6 Å². The van der Waals surface area contributed by atoms with Gasteiger partial charge < -0.3 is 15.4 Å². The molecule has 1 rings (SSSR count). The standard InChI is InChI=1S/C15H24N2O2/c1-5-16-14-7-6-11(2)8-13(14)15(18)17-9-12(3)10-19-4/h6-8,12,16H,5,9-10H2,1-4H3,(H,17,18). The van der Waals surface area contributed by atoms with Gasteiger partial charge in [0.1, 0.15) is 0 Å². The van der Waals surface area contributed by atoms with Crippen LogP contribution in [0.4, 0.5) is 5.69 Å². The van der Waals surface area contributed by atoms with Crippen molar-refractivity contribution in [1.82, 2.24) is 5.32 Å². The highest BCUT2D eigenvalue weighted by Gasteiger charge is 2.12. The lowest BCUT2D eigenvalue weighted by molar-refractivity contribution is 0.0935. The summed E-state index contributed by atoms with van der Waals surface area (Å²) in [5.74, 6) is 0.268. The summed E-state index contributed by atoms with van der Waals surface area (Å²) in [6, 6.07) is 5.86. The SMILES string of the molecule is CCNc1ccc(C)cc1C(=O)NCC(C)COC. The van der Waals surface area contributed by atoms with E-state index in [2.05, 4.69) is 10.6 Å². The van der Waals surface area contributed by atoms with Gasteiger partial charge in [0.25, 0.3) is 5.91 Å². The number of amides is 1. The van der Waals surface area contributed by atoms with Gasteiger partial charge in [-0.2, -0.15) is 0 Å². The number of methoxy groups -OCH3 is 1. The van der Waals surface area contributed by atoms with Crippen LogP contribution in [0, 0.1) is 12.8 Å². The van der Waals surface area contributed by atoms with Gasteiger partial charge in [-0.25, -0.2) is 0 Å². The first-order valence-corrected chi connectivity index (χ1v) is 6.70. The Morgan fingerprint density at radius 1 is 1.42 bits per heavy atom. The van der Waals surface area contributed by atoms with Gasteiger partial charge in [-0.3, -0.25) is 4.79 Å². The minimum absolute atomic E-state index is 0.0393. The van der Waals surface area contributed by atoms with Crippen LogP contribution in [0.25, 0.3) is 0 Å². The third-order valence-corrected chi connectivity index (χ3v) is 2.85. The summed E-state index contributed by atoms with van der Waals surface area (Å²) < 4.78 is 5.06. The van der Waals surface area contributed by atoms with Crippen molar-refractivity contribution in [2.45, 2.75) is 20.8 Å². The Kier molecular flexibility index (Phi) is 6.36. The number of hydrogen-bond donors (Lipinski definition) is 2. The summed E-state index contributed by atoms with van der Waals surface area (Å²) in [4.78, 5) is 12.2. The molecule has 2 N–H and O–H groups in total. The van der Waals surface area contributed by atoms with E-state index in [4.69, 9.17) is 4.74 Å². The number of nitrogens with one attached hydrogen (secondary N) is 2. The Morgan fingerprint density at radius 2 is 2.16 bits per heavy atom. The molecule has 1 amide bonds. The summed E-state index contributed by atoms with van der Waals surface area (Å²) in [7, 11) is 1.67. The first-order chi connectivity index (χ1) is 9.08. The Hall–Kier alpha value is -1.55. The fourth-order valence-electron chi connectivity index (χ4n) is 1.90. The van der Waals surface area contributed by atoms with Gasteiger partial charge >= 0.3 is 0 Å². The lowest BCUT2D eigenvalue weighted by atomic mass is 10.1. The molecule has 4 nitrogen and oxygen atoms in total. The molecule has 0 aromatic heterocycles. The predicted octanol–water partition coefficient (Wildman–Crippen LogP) is 2.44. The summed E-state index contributed by atoms with van der Waals surface area (Å²) in [6.45, 7) is 8.11. The lowest BCUT2D eigenvalue weighted by Gasteiger charge is -2.14. The average molecular weight is 264 g/mol. The molecule has 1 aromatic rings. The van der Waals surface area contributed by atoms with Crippen LogP contribution < -0.4 is 10.6 Å². The minimum Gasteiger partial charge on any atom is -0.385 e. The van der Waals surface area contributed by atoms with Crippen molar-refractivity contribution in [2.75, 3.05) is 32.1 Å². The van der Waals surface area contributed by atoms with Crippen molar-refractivity contribution in [3.63, 3.8) is 0 Å². The average Bonchev–Trinajstić information content (AvgIpc) is 2.38. The molecule has 0 radical (unpaired) electrons. The zero-order valence-electron chi connectivity index (χ0n) is 12.2. The number of hydrogen-bond acceptors (Lipinski definition) is 3. The van der Waals surface area contributed by atoms with Crippen molar-refractivity contribution >= 4 is 11.6 Å². The Balaban J connectivity index is 2.72. The van der Waals surface area contributed by atoms with E-state index in [9.17, 15) is 4.79 Å². The number of benzene rings is 1. The Morgan fingerprint density at radius 3 is 2.79 bits per heavy atom. The van der Waals surface area contributed by atoms with E-state index in [1.54, 1.807) is 7.11 Å². The minimum atomic E-state index is -0.0393. The Bertz CT molecular complexity index is 419. The number of anilines is 1. The Labute approximate surface area is 115 Å². The zero-order valence-corrected chi connectivity index (χ0v) is 12.2. The smallest absolute Gasteiger partial charge is 0.253 e. The molecule has 1 atom stereocenters. The predicted molar refractivity (Wildman–Crippen MR) is 78.7 cm³/mol. The highest BCUT2D eigenvalue weighted by Crippen LogP contribution is 2.17. The molecule has 0 saturated carbocycles. The highest BCUT2D eigenvalue weighted by molar-refractivity contribution is 5.99. The highest BCUT2D eigenvalue weighted by atomic mass is 16.5. The molecule has 1 unspecified atom stereocenters. The summed E-state index contributed by atoms with van der Waals surface area (Å²) in [5.41, 5.74) is 2.66. The third kappa shape index (κ3) is 4.91. The van der Waals surface area contributed by atoms with Crippen molar-refractivity contribution in [3.05, 3.63) is 29.3 Å². The molecule has 0 fully saturated rings. The van der Waals surface area contributed by atoms with Crippen molar-refractivity contribution in [3.8, 4) is 0 Å². The molecule has 19 heavy (non-hydrogen) atoms. The largest absolute Gasteiger partial charge is 0.385 e. The van der Waals surface area contributed by atoms with Crippen molar-refractivity contribution in [2.24, 2.45) is 5.92 Å². The van der Waals surface area contributed by atoms with Crippen molar-refractivity contribution < 1.29 is 9.53 Å². The van der Waals surface area contributed by atoms with Gasteiger partial charge in [0, 0.05) is 25.9 Å². The second kappa shape index (κ2) is 7.79. The summed E-state index contributed by atoms with van der Waals surface area (Å²) in [6.07, 6.45) is 0. The van der Waals surface area contributed by atoms with Crippen LogP contribution in [0.15, 0.2) is 18.2 Å². The van der Waals surface area contributed by atoms with E-state index in [0.717, 1.165) is 17.8 Å². The van der Waals surface area contributed by atoms with Gasteiger partial charge in [-0.05, 0) is 31.9 Å². The summed E-state index contributed by atoms with van der Waals surface area (Å²) in [5, 5.41) is 6.16. The lowest BCUT2D eigenvalue weighted by Crippen LogP contribution is -2.30. The van der Waals surface area contributed by atoms with E-state index < -0.39 is 0 Å². The molecule has 1 aromatic carbocycles. The maximum atomic E-state index is 12.2. The third-order valence-electron chi connectivity index (χ3n) is 2.85. The molecule has 4 heteroatoms. The molecule has 0 aliphatic rings. The zero-order chi connectivity index (χ0) is 14.3. The van der Waals surface area contributed by atoms with Crippen LogP contribution in [-0.2, 0) is 4.74 Å². The maximum Gasteiger partial charge on any atom is 0.253 e. The molecular weight excluding hydrogens is 240 g/mol. The van der Waals surface area contributed by atoms with E-state index in [-0.39, 0.29) is 5.91 Å². The maximum absolute atomic E-state index is 12.2. The number of carbonyl (C=O) groups is 1. The van der Waals surface area contributed by atoms with Crippen LogP contribution in [0.1, 0.15) is 29.8 Å². The van der Waals surface area contributed by atoms with E-state index in [1.165, 1.54) is 0 Å². The number of carbonyl (C=O) groups excluding carboxylic acids is 1. The number of ether oxygens (including phenoxy) is 1.